The fourth-order valence-corrected chi connectivity index (χ4v) is 7.98. The van der Waals surface area contributed by atoms with Gasteiger partial charge >= 0.3 is 6.01 Å². The van der Waals surface area contributed by atoms with Crippen LogP contribution in [0.2, 0.25) is 5.02 Å². The zero-order chi connectivity index (χ0) is 31.1. The lowest BCUT2D eigenvalue weighted by Gasteiger charge is -2.42. The van der Waals surface area contributed by atoms with Crippen LogP contribution in [-0.4, -0.2) is 84.1 Å². The Balaban J connectivity index is 1.16. The first-order chi connectivity index (χ1) is 21.9. The fraction of sp³-hybridized carbons (Fsp3) is 0.486. The molecule has 1 saturated heterocycles. The number of anilines is 2. The van der Waals surface area contributed by atoms with E-state index in [1.165, 1.54) is 25.3 Å². The maximum Gasteiger partial charge on any atom is 0.318 e. The van der Waals surface area contributed by atoms with Crippen molar-refractivity contribution in [2.24, 2.45) is 11.8 Å². The number of piperazine rings is 1. The number of nitrogens with zero attached hydrogens (tertiary/aromatic N) is 7. The van der Waals surface area contributed by atoms with Crippen LogP contribution in [0.3, 0.4) is 0 Å². The number of hydrogen-bond acceptors (Lipinski definition) is 8. The van der Waals surface area contributed by atoms with Crippen molar-refractivity contribution >= 4 is 39.8 Å². The number of amides is 1. The van der Waals surface area contributed by atoms with E-state index in [-0.39, 0.29) is 18.4 Å². The normalized spacial score (nSPS) is 23.9. The van der Waals surface area contributed by atoms with E-state index >= 15 is 0 Å². The molecule has 234 valence electrons. The molecule has 0 spiro atoms. The van der Waals surface area contributed by atoms with Crippen molar-refractivity contribution in [3.63, 3.8) is 0 Å². The van der Waals surface area contributed by atoms with Crippen molar-refractivity contribution in [1.29, 1.82) is 5.26 Å². The molecule has 45 heavy (non-hydrogen) atoms. The van der Waals surface area contributed by atoms with Gasteiger partial charge in [-0.3, -0.25) is 4.79 Å². The molecule has 3 aromatic rings. The second kappa shape index (κ2) is 12.5. The Morgan fingerprint density at radius 2 is 1.93 bits per heavy atom. The third-order valence-corrected chi connectivity index (χ3v) is 10.6. The van der Waals surface area contributed by atoms with E-state index in [0.29, 0.717) is 44.8 Å². The van der Waals surface area contributed by atoms with Crippen molar-refractivity contribution < 1.29 is 9.53 Å². The van der Waals surface area contributed by atoms with Crippen molar-refractivity contribution in [2.75, 3.05) is 56.2 Å². The van der Waals surface area contributed by atoms with E-state index < -0.39 is 0 Å². The van der Waals surface area contributed by atoms with E-state index in [1.54, 1.807) is 4.90 Å². The summed E-state index contributed by atoms with van der Waals surface area (Å²) < 4.78 is 6.29. The lowest BCUT2D eigenvalue weighted by molar-refractivity contribution is -0.128. The van der Waals surface area contributed by atoms with E-state index in [2.05, 4.69) is 58.7 Å². The number of likely N-dealkylation sites (N-methyl/N-ethyl adjacent to an activating group) is 1. The Labute approximate surface area is 270 Å². The summed E-state index contributed by atoms with van der Waals surface area (Å²) in [6.07, 6.45) is 6.36. The summed E-state index contributed by atoms with van der Waals surface area (Å²) in [5, 5.41) is 12.4. The quantitative estimate of drug-likeness (QED) is 0.305. The number of ether oxygens (including phenoxy) is 1. The highest BCUT2D eigenvalue weighted by Gasteiger charge is 2.46. The van der Waals surface area contributed by atoms with Crippen molar-refractivity contribution in [3.05, 3.63) is 65.3 Å². The number of nitriles is 1. The zero-order valence-electron chi connectivity index (χ0n) is 25.9. The van der Waals surface area contributed by atoms with Crippen molar-refractivity contribution in [2.45, 2.75) is 50.7 Å². The number of carbonyl (C=O) groups excluding carboxylic acids is 1. The number of rotatable bonds is 9. The van der Waals surface area contributed by atoms with E-state index in [9.17, 15) is 10.1 Å². The summed E-state index contributed by atoms with van der Waals surface area (Å²) >= 11 is 6.72. The second-order valence-electron chi connectivity index (χ2n) is 12.9. The molecule has 2 unspecified atom stereocenters. The van der Waals surface area contributed by atoms with Crippen LogP contribution in [0.15, 0.2) is 49.1 Å². The maximum absolute atomic E-state index is 12.6. The number of aromatic nitrogens is 2. The van der Waals surface area contributed by atoms with Crippen LogP contribution in [0.1, 0.15) is 36.9 Å². The number of halogens is 1. The maximum atomic E-state index is 12.6. The van der Waals surface area contributed by atoms with E-state index in [4.69, 9.17) is 26.3 Å². The second-order valence-corrected chi connectivity index (χ2v) is 13.4. The van der Waals surface area contributed by atoms with Gasteiger partial charge in [-0.1, -0.05) is 42.4 Å². The molecule has 0 N–H and O–H groups in total. The average molecular weight is 626 g/mol. The van der Waals surface area contributed by atoms with Crippen LogP contribution in [0.25, 0.3) is 10.8 Å². The highest BCUT2D eigenvalue weighted by molar-refractivity contribution is 6.36. The number of benzene rings is 2. The van der Waals surface area contributed by atoms with Crippen LogP contribution in [0.5, 0.6) is 6.01 Å². The van der Waals surface area contributed by atoms with Gasteiger partial charge in [0.1, 0.15) is 12.4 Å². The van der Waals surface area contributed by atoms with Gasteiger partial charge in [-0.15, -0.1) is 0 Å². The smallest absolute Gasteiger partial charge is 0.318 e. The molecule has 1 amide bonds. The van der Waals surface area contributed by atoms with Gasteiger partial charge in [-0.2, -0.15) is 15.2 Å². The van der Waals surface area contributed by atoms with E-state index in [1.807, 2.05) is 12.1 Å². The highest BCUT2D eigenvalue weighted by atomic mass is 35.5. The molecule has 7 rings (SSSR count). The Morgan fingerprint density at radius 3 is 2.71 bits per heavy atom. The van der Waals surface area contributed by atoms with Crippen LogP contribution in [0.4, 0.5) is 11.5 Å². The van der Waals surface area contributed by atoms with Gasteiger partial charge in [0.05, 0.1) is 35.8 Å². The minimum absolute atomic E-state index is 0.142. The number of hydrogen-bond donors (Lipinski definition) is 0. The predicted molar refractivity (Wildman–Crippen MR) is 177 cm³/mol. The predicted octanol–water partition coefficient (Wildman–Crippen LogP) is 5.07. The average Bonchev–Trinajstić information content (AvgIpc) is 3.67. The third kappa shape index (κ3) is 5.94. The molecule has 2 aromatic carbocycles. The molecule has 2 aliphatic carbocycles. The molecule has 1 aromatic heterocycles. The summed E-state index contributed by atoms with van der Waals surface area (Å²) in [7, 11) is 2.20. The molecule has 0 bridgehead atoms. The minimum atomic E-state index is -0.242. The molecule has 3 atom stereocenters. The van der Waals surface area contributed by atoms with Gasteiger partial charge in [-0.05, 0) is 68.2 Å². The Bertz CT molecular complexity index is 1640. The molecular formula is C35H40ClN7O2. The van der Waals surface area contributed by atoms with Gasteiger partial charge in [0.25, 0.3) is 0 Å². The molecule has 3 heterocycles. The first-order valence-corrected chi connectivity index (χ1v) is 16.5. The van der Waals surface area contributed by atoms with Crippen LogP contribution >= 0.6 is 11.6 Å². The van der Waals surface area contributed by atoms with Gasteiger partial charge in [0, 0.05) is 55.4 Å². The fourth-order valence-electron chi connectivity index (χ4n) is 7.70. The monoisotopic (exact) mass is 625 g/mol. The molecule has 2 saturated carbocycles. The van der Waals surface area contributed by atoms with Crippen LogP contribution in [0, 0.1) is 23.2 Å². The van der Waals surface area contributed by atoms with Crippen LogP contribution < -0.4 is 14.5 Å². The van der Waals surface area contributed by atoms with Crippen LogP contribution in [-0.2, 0) is 17.8 Å². The molecule has 4 aliphatic rings. The minimum Gasteiger partial charge on any atom is -0.462 e. The zero-order valence-corrected chi connectivity index (χ0v) is 26.6. The SMILES string of the molecule is C=CC(=O)N1CCN(c2nc(OCCN(C)C3CC4CC4C3)nc3c2CCN(c2cccc4cccc(Cl)c24)C3)C[C@@H]1CC#N. The largest absolute Gasteiger partial charge is 0.462 e. The number of fused-ring (bicyclic) bond motifs is 3. The van der Waals surface area contributed by atoms with Gasteiger partial charge in [0.2, 0.25) is 5.91 Å². The van der Waals surface area contributed by atoms with Gasteiger partial charge in [0.15, 0.2) is 0 Å². The summed E-state index contributed by atoms with van der Waals surface area (Å²) in [6, 6.07) is 15.4. The molecular weight excluding hydrogens is 586 g/mol. The van der Waals surface area contributed by atoms with Crippen molar-refractivity contribution in [1.82, 2.24) is 19.8 Å². The summed E-state index contributed by atoms with van der Waals surface area (Å²) in [5.74, 6) is 2.59. The standard InChI is InChI=1S/C35H40ClN7O2/c1-3-32(44)43-15-14-42(21-26(43)10-12-37)34-28-11-13-41(31-9-5-7-23-6-4-8-29(36)33(23)31)22-30(28)38-35(39-34)45-17-16-40(2)27-19-24-18-25(24)20-27/h3-9,24-27H,1,10-11,13-22H2,2H3/t24?,25?,26-,27?/m0/s1. The van der Waals surface area contributed by atoms with Gasteiger partial charge in [-0.25, -0.2) is 0 Å². The molecule has 0 radical (unpaired) electrons. The molecule has 10 heteroatoms. The van der Waals surface area contributed by atoms with Crippen molar-refractivity contribution in [3.8, 4) is 12.1 Å². The highest BCUT2D eigenvalue weighted by Crippen LogP contribution is 2.52. The molecule has 3 fully saturated rings. The summed E-state index contributed by atoms with van der Waals surface area (Å²) in [6.45, 7) is 8.03. The molecule has 2 aliphatic heterocycles. The summed E-state index contributed by atoms with van der Waals surface area (Å²) in [4.78, 5) is 31.3. The first kappa shape index (κ1) is 29.8. The third-order valence-electron chi connectivity index (χ3n) is 10.3. The number of carbonyl (C=O) groups is 1. The Kier molecular flexibility index (Phi) is 8.28. The Hall–Kier alpha value is -3.87. The molecule has 9 nitrogen and oxygen atoms in total. The van der Waals surface area contributed by atoms with Gasteiger partial charge < -0.3 is 24.3 Å². The first-order valence-electron chi connectivity index (χ1n) is 16.1. The van der Waals surface area contributed by atoms with E-state index in [0.717, 1.165) is 69.9 Å². The lowest BCUT2D eigenvalue weighted by Crippen LogP contribution is -2.55. The Morgan fingerprint density at radius 1 is 1.13 bits per heavy atom. The summed E-state index contributed by atoms with van der Waals surface area (Å²) in [5.41, 5.74) is 3.13. The topological polar surface area (TPSA) is 88.8 Å². The lowest BCUT2D eigenvalue weighted by atomic mass is 10.0.